The monoisotopic (exact) mass is 329 g/mol. The van der Waals surface area contributed by atoms with Crippen LogP contribution < -0.4 is 10.1 Å². The third-order valence-electron chi connectivity index (χ3n) is 2.90. The first-order valence-electron chi connectivity index (χ1n) is 6.63. The van der Waals surface area contributed by atoms with Crippen LogP contribution in [0.2, 0.25) is 0 Å². The topological polar surface area (TPSA) is 50.7 Å². The van der Waals surface area contributed by atoms with E-state index in [-0.39, 0.29) is 6.61 Å². The molecule has 19 heavy (non-hydrogen) atoms. The summed E-state index contributed by atoms with van der Waals surface area (Å²) >= 11 is 3.49. The zero-order valence-corrected chi connectivity index (χ0v) is 12.5. The van der Waals surface area contributed by atoms with Crippen molar-refractivity contribution in [2.45, 2.75) is 25.4 Å². The molecule has 0 radical (unpaired) electrons. The minimum absolute atomic E-state index is 0.0504. The molecular weight excluding hydrogens is 310 g/mol. The van der Waals surface area contributed by atoms with Gasteiger partial charge < -0.3 is 19.9 Å². The first-order valence-corrected chi connectivity index (χ1v) is 7.42. The van der Waals surface area contributed by atoms with Crippen molar-refractivity contribution in [3.8, 4) is 5.75 Å². The molecule has 0 unspecified atom stereocenters. The van der Waals surface area contributed by atoms with E-state index >= 15 is 0 Å². The Labute approximate surface area is 122 Å². The Bertz CT molecular complexity index is 396. The van der Waals surface area contributed by atoms with E-state index in [1.807, 2.05) is 12.1 Å². The molecule has 0 aliphatic heterocycles. The van der Waals surface area contributed by atoms with E-state index in [1.54, 1.807) is 0 Å². The van der Waals surface area contributed by atoms with Gasteiger partial charge >= 0.3 is 0 Å². The van der Waals surface area contributed by atoms with E-state index in [0.29, 0.717) is 25.9 Å². The molecule has 0 bridgehead atoms. The number of aliphatic hydroxyl groups is 1. The fourth-order valence-corrected chi connectivity index (χ4v) is 2.15. The van der Waals surface area contributed by atoms with Gasteiger partial charge in [-0.05, 0) is 31.0 Å². The second-order valence-corrected chi connectivity index (χ2v) is 5.51. The third-order valence-corrected chi connectivity index (χ3v) is 3.40. The summed E-state index contributed by atoms with van der Waals surface area (Å²) in [6.45, 7) is 2.23. The minimum Gasteiger partial charge on any atom is -0.491 e. The fourth-order valence-electron chi connectivity index (χ4n) is 1.75. The molecule has 1 aromatic rings. The van der Waals surface area contributed by atoms with Gasteiger partial charge in [-0.15, -0.1) is 0 Å². The Morgan fingerprint density at radius 1 is 1.26 bits per heavy atom. The highest BCUT2D eigenvalue weighted by atomic mass is 79.9. The molecule has 0 aromatic heterocycles. The molecule has 0 saturated heterocycles. The van der Waals surface area contributed by atoms with Crippen LogP contribution in [0.15, 0.2) is 22.7 Å². The van der Waals surface area contributed by atoms with Crippen LogP contribution in [0.4, 0.5) is 0 Å². The van der Waals surface area contributed by atoms with Gasteiger partial charge in [0.05, 0.1) is 19.8 Å². The van der Waals surface area contributed by atoms with Crippen molar-refractivity contribution >= 4 is 15.9 Å². The summed E-state index contributed by atoms with van der Waals surface area (Å²) in [4.78, 5) is 0. The van der Waals surface area contributed by atoms with Crippen molar-refractivity contribution in [3.05, 3.63) is 28.2 Å². The molecule has 106 valence electrons. The number of rotatable bonds is 9. The second-order valence-electron chi connectivity index (χ2n) is 4.59. The Balaban J connectivity index is 1.82. The molecule has 1 fully saturated rings. The predicted molar refractivity (Wildman–Crippen MR) is 77.4 cm³/mol. The minimum atomic E-state index is 0.0504. The highest BCUT2D eigenvalue weighted by molar-refractivity contribution is 9.10. The number of hydrogen-bond donors (Lipinski definition) is 2. The largest absolute Gasteiger partial charge is 0.491 e. The average Bonchev–Trinajstić information content (AvgIpc) is 3.22. The Morgan fingerprint density at radius 2 is 2.11 bits per heavy atom. The lowest BCUT2D eigenvalue weighted by molar-refractivity contribution is 0.0703. The average molecular weight is 330 g/mol. The summed E-state index contributed by atoms with van der Waals surface area (Å²) in [5.41, 5.74) is 1.16. The molecule has 2 rings (SSSR count). The van der Waals surface area contributed by atoms with Crippen molar-refractivity contribution in [2.75, 3.05) is 26.4 Å². The smallest absolute Gasteiger partial charge is 0.123 e. The van der Waals surface area contributed by atoms with Gasteiger partial charge in [-0.1, -0.05) is 15.9 Å². The maximum Gasteiger partial charge on any atom is 0.123 e. The quantitative estimate of drug-likeness (QED) is 0.681. The summed E-state index contributed by atoms with van der Waals surface area (Å²) in [6, 6.07) is 6.71. The Kier molecular flexibility index (Phi) is 6.10. The van der Waals surface area contributed by atoms with Crippen LogP contribution in [0.5, 0.6) is 5.75 Å². The van der Waals surface area contributed by atoms with Crippen LogP contribution >= 0.6 is 15.9 Å². The molecule has 1 aromatic carbocycles. The molecule has 0 atom stereocenters. The molecular formula is C14H20BrNO3. The highest BCUT2D eigenvalue weighted by Gasteiger charge is 2.20. The van der Waals surface area contributed by atoms with Crippen LogP contribution in [0.3, 0.4) is 0 Å². The number of ether oxygens (including phenoxy) is 2. The number of benzene rings is 1. The van der Waals surface area contributed by atoms with Crippen LogP contribution in [-0.4, -0.2) is 37.6 Å². The van der Waals surface area contributed by atoms with Gasteiger partial charge in [-0.25, -0.2) is 0 Å². The van der Waals surface area contributed by atoms with Gasteiger partial charge in [0.1, 0.15) is 12.4 Å². The van der Waals surface area contributed by atoms with E-state index in [4.69, 9.17) is 14.6 Å². The van der Waals surface area contributed by atoms with Crippen LogP contribution in [0, 0.1) is 0 Å². The maximum atomic E-state index is 8.61. The number of halogens is 1. The van der Waals surface area contributed by atoms with Crippen molar-refractivity contribution in [3.63, 3.8) is 0 Å². The molecule has 5 heteroatoms. The second kappa shape index (κ2) is 7.85. The predicted octanol–water partition coefficient (Wildman–Crippen LogP) is 2.09. The third kappa shape index (κ3) is 5.48. The summed E-state index contributed by atoms with van der Waals surface area (Å²) in [6.07, 6.45) is 2.55. The zero-order chi connectivity index (χ0) is 13.5. The van der Waals surface area contributed by atoms with Gasteiger partial charge in [-0.2, -0.15) is 0 Å². The first-order chi connectivity index (χ1) is 9.29. The lowest BCUT2D eigenvalue weighted by atomic mass is 10.2. The van der Waals surface area contributed by atoms with E-state index in [9.17, 15) is 0 Å². The van der Waals surface area contributed by atoms with Crippen LogP contribution in [0.1, 0.15) is 18.4 Å². The summed E-state index contributed by atoms with van der Waals surface area (Å²) < 4.78 is 12.0. The standard InChI is InChI=1S/C14H20BrNO3/c15-12-1-4-14(19-8-7-18-6-5-17)11(9-12)10-16-13-2-3-13/h1,4,9,13,16-17H,2-3,5-8,10H2. The van der Waals surface area contributed by atoms with Gasteiger partial charge in [0.2, 0.25) is 0 Å². The van der Waals surface area contributed by atoms with Crippen LogP contribution in [-0.2, 0) is 11.3 Å². The van der Waals surface area contributed by atoms with Gasteiger partial charge in [0.25, 0.3) is 0 Å². The van der Waals surface area contributed by atoms with Gasteiger partial charge in [-0.3, -0.25) is 0 Å². The van der Waals surface area contributed by atoms with Crippen molar-refractivity contribution in [1.82, 2.24) is 5.32 Å². The molecule has 0 amide bonds. The SMILES string of the molecule is OCCOCCOc1ccc(Br)cc1CNC1CC1. The number of nitrogens with one attached hydrogen (secondary N) is 1. The van der Waals surface area contributed by atoms with Gasteiger partial charge in [0, 0.05) is 22.6 Å². The highest BCUT2D eigenvalue weighted by Crippen LogP contribution is 2.25. The zero-order valence-electron chi connectivity index (χ0n) is 10.9. The molecule has 4 nitrogen and oxygen atoms in total. The van der Waals surface area contributed by atoms with E-state index < -0.39 is 0 Å². The Hall–Kier alpha value is -0.620. The number of hydrogen-bond acceptors (Lipinski definition) is 4. The van der Waals surface area contributed by atoms with Crippen molar-refractivity contribution in [2.24, 2.45) is 0 Å². The molecule has 0 heterocycles. The number of aliphatic hydroxyl groups excluding tert-OH is 1. The molecule has 1 saturated carbocycles. The lowest BCUT2D eigenvalue weighted by Gasteiger charge is -2.12. The summed E-state index contributed by atoms with van der Waals surface area (Å²) in [5.74, 6) is 0.893. The normalized spacial score (nSPS) is 14.6. The van der Waals surface area contributed by atoms with E-state index in [0.717, 1.165) is 22.3 Å². The van der Waals surface area contributed by atoms with E-state index in [2.05, 4.69) is 27.3 Å². The molecule has 1 aliphatic carbocycles. The summed E-state index contributed by atoms with van der Waals surface area (Å²) in [5, 5.41) is 12.1. The Morgan fingerprint density at radius 3 is 2.84 bits per heavy atom. The van der Waals surface area contributed by atoms with E-state index in [1.165, 1.54) is 12.8 Å². The van der Waals surface area contributed by atoms with Crippen LogP contribution in [0.25, 0.3) is 0 Å². The van der Waals surface area contributed by atoms with Crippen molar-refractivity contribution in [1.29, 1.82) is 0 Å². The molecule has 0 spiro atoms. The lowest BCUT2D eigenvalue weighted by Crippen LogP contribution is -2.17. The molecule has 2 N–H and O–H groups in total. The fraction of sp³-hybridized carbons (Fsp3) is 0.571. The molecule has 1 aliphatic rings. The van der Waals surface area contributed by atoms with Gasteiger partial charge in [0.15, 0.2) is 0 Å². The summed E-state index contributed by atoms with van der Waals surface area (Å²) in [7, 11) is 0. The van der Waals surface area contributed by atoms with Crippen molar-refractivity contribution < 1.29 is 14.6 Å². The first kappa shape index (κ1) is 14.8. The maximum absolute atomic E-state index is 8.61.